The summed E-state index contributed by atoms with van der Waals surface area (Å²) in [5, 5.41) is 50.7. The first-order valence-corrected chi connectivity index (χ1v) is 11.0. The summed E-state index contributed by atoms with van der Waals surface area (Å²) in [4.78, 5) is 13.0. The Hall–Kier alpha value is -2.21. The van der Waals surface area contributed by atoms with Crippen LogP contribution >= 0.6 is 0 Å². The molecule has 178 valence electrons. The van der Waals surface area contributed by atoms with E-state index in [9.17, 15) is 30.3 Å². The number of aliphatic carboxylic acids is 1. The molecule has 5 aliphatic rings. The van der Waals surface area contributed by atoms with Gasteiger partial charge in [-0.25, -0.2) is 4.79 Å². The monoisotopic (exact) mass is 464 g/mol. The Bertz CT molecular complexity index is 1130. The van der Waals surface area contributed by atoms with E-state index in [0.717, 1.165) is 11.1 Å². The van der Waals surface area contributed by atoms with E-state index in [1.54, 1.807) is 23.1 Å². The molecule has 1 aromatic rings. The number of ether oxygens (including phenoxy) is 3. The average Bonchev–Trinajstić information content (AvgIpc) is 3.15. The van der Waals surface area contributed by atoms with Crippen LogP contribution in [0, 0.1) is 5.92 Å². The topological polar surface area (TPSA) is 149 Å². The number of aliphatic hydroxyl groups is 4. The molecule has 6 rings (SSSR count). The van der Waals surface area contributed by atoms with Gasteiger partial charge in [0.25, 0.3) is 0 Å². The van der Waals surface area contributed by atoms with Gasteiger partial charge in [-0.3, -0.25) is 0 Å². The molecule has 2 bridgehead atoms. The Morgan fingerprint density at radius 3 is 2.79 bits per heavy atom. The third kappa shape index (κ3) is 2.73. The van der Waals surface area contributed by atoms with Crippen molar-refractivity contribution in [2.75, 3.05) is 13.5 Å². The minimum Gasteiger partial charge on any atom is -0.482 e. The van der Waals surface area contributed by atoms with Gasteiger partial charge in [-0.05, 0) is 38.0 Å². The lowest BCUT2D eigenvalue weighted by atomic mass is 9.53. The lowest BCUT2D eigenvalue weighted by molar-refractivity contribution is -0.271. The molecule has 2 saturated heterocycles. The van der Waals surface area contributed by atoms with Crippen LogP contribution in [0.4, 0.5) is 0 Å². The summed E-state index contributed by atoms with van der Waals surface area (Å²) < 4.78 is 41.5. The summed E-state index contributed by atoms with van der Waals surface area (Å²) in [5.41, 5.74) is 0.982. The molecule has 0 aromatic heterocycles. The van der Waals surface area contributed by atoms with Gasteiger partial charge < -0.3 is 44.6 Å². The molecule has 1 spiro atoms. The molecule has 33 heavy (non-hydrogen) atoms. The molecule has 5 N–H and O–H groups in total. The van der Waals surface area contributed by atoms with Crippen molar-refractivity contribution in [1.29, 1.82) is 0 Å². The second-order valence-corrected chi connectivity index (χ2v) is 9.47. The molecule has 1 aromatic carbocycles. The number of benzene rings is 1. The van der Waals surface area contributed by atoms with Crippen molar-refractivity contribution in [2.45, 2.75) is 67.2 Å². The van der Waals surface area contributed by atoms with E-state index in [1.165, 1.54) is 0 Å². The van der Waals surface area contributed by atoms with E-state index in [4.69, 9.17) is 18.3 Å². The van der Waals surface area contributed by atoms with E-state index in [-0.39, 0.29) is 24.3 Å². The van der Waals surface area contributed by atoms with Crippen LogP contribution in [0.1, 0.15) is 21.7 Å². The number of aliphatic hydroxyl groups excluding tert-OH is 4. The number of carboxylic acids is 1. The number of rotatable bonds is 3. The lowest BCUT2D eigenvalue weighted by Gasteiger charge is -2.56. The minimum absolute atomic E-state index is 0.122. The largest absolute Gasteiger partial charge is 0.482 e. The molecule has 10 atom stereocenters. The van der Waals surface area contributed by atoms with Gasteiger partial charge in [-0.15, -0.1) is 0 Å². The first-order chi connectivity index (χ1) is 16.9. The summed E-state index contributed by atoms with van der Waals surface area (Å²) in [5.74, 6) is -1.32. The van der Waals surface area contributed by atoms with E-state index in [0.29, 0.717) is 18.6 Å². The number of piperidine rings is 1. The number of carbonyl (C=O) groups is 1. The van der Waals surface area contributed by atoms with E-state index < -0.39 is 61.3 Å². The van der Waals surface area contributed by atoms with Crippen LogP contribution in [0.2, 0.25) is 0 Å². The van der Waals surface area contributed by atoms with Crippen LogP contribution in [-0.4, -0.2) is 98.9 Å². The van der Waals surface area contributed by atoms with Gasteiger partial charge in [-0.1, -0.05) is 18.2 Å². The lowest BCUT2D eigenvalue weighted by Crippen LogP contribution is -2.64. The third-order valence-corrected chi connectivity index (χ3v) is 7.91. The highest BCUT2D eigenvalue weighted by molar-refractivity contribution is 5.73. The van der Waals surface area contributed by atoms with Crippen molar-refractivity contribution in [1.82, 2.24) is 4.90 Å². The standard InChI is InChI=1S/C23H27NO9/c1-24-7-6-23-10-3-4-12(25)20(23)32-18-13(5-2-9(14(18)23)8-11(10)24)31-22-17(28)15(26)16(27)19(33-22)21(29)30/h2-5,10-12,15-17,19-20,22,25-28H,6-8H2,1H3,(H,29,30)/t10-,11+,12-,15-,16-,17+,19-,20-,22+,23-/m0/s1/i1D3. The van der Waals surface area contributed by atoms with Crippen LogP contribution in [0.5, 0.6) is 11.5 Å². The molecule has 2 aliphatic carbocycles. The molecule has 0 radical (unpaired) electrons. The summed E-state index contributed by atoms with van der Waals surface area (Å²) in [6.07, 6.45) is -6.11. The Labute approximate surface area is 193 Å². The number of likely N-dealkylation sites (tertiary alicyclic amines) is 1. The molecule has 0 amide bonds. The second kappa shape index (κ2) is 7.14. The molecule has 3 heterocycles. The van der Waals surface area contributed by atoms with Crippen LogP contribution in [0.25, 0.3) is 0 Å². The quantitative estimate of drug-likeness (QED) is 0.344. The Balaban J connectivity index is 1.41. The normalized spacial score (nSPS) is 47.0. The smallest absolute Gasteiger partial charge is 0.335 e. The molecule has 10 nitrogen and oxygen atoms in total. The van der Waals surface area contributed by atoms with Gasteiger partial charge in [0.2, 0.25) is 6.29 Å². The number of carboxylic acid groups (broad SMARTS) is 1. The maximum Gasteiger partial charge on any atom is 0.335 e. The maximum atomic E-state index is 11.5. The number of hydrogen-bond acceptors (Lipinski definition) is 9. The fourth-order valence-corrected chi connectivity index (χ4v) is 6.41. The van der Waals surface area contributed by atoms with Gasteiger partial charge in [0.05, 0.1) is 0 Å². The molecule has 0 saturated carbocycles. The Morgan fingerprint density at radius 2 is 2.03 bits per heavy atom. The number of likely N-dealkylation sites (N-methyl/N-ethyl adjacent to an activating group) is 1. The third-order valence-electron chi connectivity index (χ3n) is 7.91. The van der Waals surface area contributed by atoms with Crippen molar-refractivity contribution >= 4 is 5.97 Å². The summed E-state index contributed by atoms with van der Waals surface area (Å²) in [6, 6.07) is 3.01. The number of hydrogen-bond donors (Lipinski definition) is 5. The fourth-order valence-electron chi connectivity index (χ4n) is 6.41. The summed E-state index contributed by atoms with van der Waals surface area (Å²) >= 11 is 0. The zero-order chi connectivity index (χ0) is 25.7. The number of nitrogens with zero attached hydrogens (tertiary/aromatic N) is 1. The first-order valence-electron chi connectivity index (χ1n) is 12.5. The SMILES string of the molecule is [2H]C([2H])([2H])N1CC[C@]23c4c5ccc(O[C@@H]6O[C@H](C(=O)O)[C@@H](O)[C@H](O)[C@H]6O)c4O[C@H]2[C@@H](O)C=C[C@H]3[C@H]1C5. The van der Waals surface area contributed by atoms with Gasteiger partial charge in [-0.2, -0.15) is 0 Å². The maximum absolute atomic E-state index is 11.5. The average molecular weight is 464 g/mol. The molecule has 10 heteroatoms. The van der Waals surface area contributed by atoms with Crippen LogP contribution in [0.3, 0.4) is 0 Å². The van der Waals surface area contributed by atoms with Gasteiger partial charge in [0.1, 0.15) is 30.5 Å². The van der Waals surface area contributed by atoms with Crippen molar-refractivity contribution in [3.8, 4) is 11.5 Å². The van der Waals surface area contributed by atoms with Crippen LogP contribution < -0.4 is 9.47 Å². The highest BCUT2D eigenvalue weighted by Crippen LogP contribution is 2.62. The zero-order valence-electron chi connectivity index (χ0n) is 20.4. The highest BCUT2D eigenvalue weighted by atomic mass is 16.7. The second-order valence-electron chi connectivity index (χ2n) is 9.47. The van der Waals surface area contributed by atoms with E-state index in [1.807, 2.05) is 6.08 Å². The predicted molar refractivity (Wildman–Crippen MR) is 111 cm³/mol. The molecular weight excluding hydrogens is 434 g/mol. The van der Waals surface area contributed by atoms with Crippen LogP contribution in [-0.2, 0) is 21.4 Å². The highest BCUT2D eigenvalue weighted by Gasteiger charge is 2.64. The summed E-state index contributed by atoms with van der Waals surface area (Å²) in [7, 11) is 0. The van der Waals surface area contributed by atoms with Crippen molar-refractivity contribution in [3.05, 3.63) is 35.4 Å². The fraction of sp³-hybridized carbons (Fsp3) is 0.609. The van der Waals surface area contributed by atoms with Gasteiger partial charge >= 0.3 is 5.97 Å². The van der Waals surface area contributed by atoms with Crippen molar-refractivity contribution in [2.24, 2.45) is 5.92 Å². The van der Waals surface area contributed by atoms with Gasteiger partial charge in [0, 0.05) is 27.1 Å². The zero-order valence-corrected chi connectivity index (χ0v) is 17.4. The molecule has 2 fully saturated rings. The molecular formula is C23H27NO9. The van der Waals surface area contributed by atoms with Crippen molar-refractivity contribution < 1.29 is 48.7 Å². The predicted octanol–water partition coefficient (Wildman–Crippen LogP) is -1.24. The van der Waals surface area contributed by atoms with E-state index >= 15 is 0 Å². The molecule has 3 aliphatic heterocycles. The Morgan fingerprint density at radius 1 is 1.21 bits per heavy atom. The molecule has 0 unspecified atom stereocenters. The summed E-state index contributed by atoms with van der Waals surface area (Å²) in [6.45, 7) is -1.98. The van der Waals surface area contributed by atoms with Crippen molar-refractivity contribution in [3.63, 3.8) is 0 Å². The van der Waals surface area contributed by atoms with E-state index in [2.05, 4.69) is 0 Å². The minimum atomic E-state index is -2.27. The Kier molecular flexibility index (Phi) is 3.93. The van der Waals surface area contributed by atoms with Crippen LogP contribution in [0.15, 0.2) is 24.3 Å². The van der Waals surface area contributed by atoms with Gasteiger partial charge in [0.15, 0.2) is 17.6 Å². The first kappa shape index (κ1) is 18.2.